The number of carbonyl (C=O) groups excluding carboxylic acids is 1. The van der Waals surface area contributed by atoms with E-state index in [-0.39, 0.29) is 4.90 Å². The third-order valence-electron chi connectivity index (χ3n) is 4.19. The van der Waals surface area contributed by atoms with Gasteiger partial charge in [0, 0.05) is 10.9 Å². The molecule has 7 nitrogen and oxygen atoms in total. The van der Waals surface area contributed by atoms with Crippen molar-refractivity contribution in [1.29, 1.82) is 0 Å². The molecule has 1 aromatic heterocycles. The van der Waals surface area contributed by atoms with E-state index in [1.807, 2.05) is 17.5 Å². The average molecular weight is 444 g/mol. The normalized spacial score (nSPS) is 11.7. The summed E-state index contributed by atoms with van der Waals surface area (Å²) in [6.45, 7) is 1.33. The molecule has 1 N–H and O–H groups in total. The van der Waals surface area contributed by atoms with E-state index in [0.717, 1.165) is 9.18 Å². The van der Waals surface area contributed by atoms with Crippen LogP contribution in [0.2, 0.25) is 0 Å². The molecule has 1 amide bonds. The first kappa shape index (κ1) is 21.5. The second-order valence-corrected chi connectivity index (χ2v) is 9.05. The van der Waals surface area contributed by atoms with Gasteiger partial charge in [0.25, 0.3) is 15.9 Å². The summed E-state index contributed by atoms with van der Waals surface area (Å²) < 4.78 is 32.8. The zero-order chi connectivity index (χ0) is 21.6. The number of nitrogens with one attached hydrogen (secondary N) is 1. The summed E-state index contributed by atoms with van der Waals surface area (Å²) in [4.78, 5) is 13.6. The number of amides is 1. The number of carbonyl (C=O) groups is 1. The van der Waals surface area contributed by atoms with Crippen LogP contribution in [0.15, 0.2) is 82.1 Å². The summed E-state index contributed by atoms with van der Waals surface area (Å²) in [6.07, 6.45) is 0. The van der Waals surface area contributed by atoms with Gasteiger partial charge in [-0.2, -0.15) is 5.10 Å². The molecule has 0 atom stereocenters. The number of rotatable bonds is 8. The Kier molecular flexibility index (Phi) is 6.86. The molecule has 3 aromatic rings. The van der Waals surface area contributed by atoms with Gasteiger partial charge in [0.15, 0.2) is 0 Å². The van der Waals surface area contributed by atoms with E-state index in [2.05, 4.69) is 10.5 Å². The second-order valence-electron chi connectivity index (χ2n) is 6.24. The van der Waals surface area contributed by atoms with Crippen LogP contribution in [0.1, 0.15) is 11.8 Å². The Morgan fingerprint density at radius 2 is 1.87 bits per heavy atom. The molecule has 0 fully saturated rings. The number of methoxy groups -OCH3 is 1. The number of hydrazone groups is 1. The van der Waals surface area contributed by atoms with Crippen molar-refractivity contribution in [1.82, 2.24) is 5.43 Å². The Morgan fingerprint density at radius 3 is 2.53 bits per heavy atom. The van der Waals surface area contributed by atoms with Gasteiger partial charge in [0.05, 0.1) is 23.4 Å². The number of sulfonamides is 1. The van der Waals surface area contributed by atoms with Crippen LogP contribution in [0.25, 0.3) is 0 Å². The molecule has 2 aromatic carbocycles. The molecule has 0 aliphatic carbocycles. The van der Waals surface area contributed by atoms with Crippen LogP contribution >= 0.6 is 11.3 Å². The monoisotopic (exact) mass is 443 g/mol. The number of hydrogen-bond donors (Lipinski definition) is 1. The molecular weight excluding hydrogens is 422 g/mol. The van der Waals surface area contributed by atoms with Crippen molar-refractivity contribution in [3.63, 3.8) is 0 Å². The zero-order valence-corrected chi connectivity index (χ0v) is 18.1. The number of anilines is 1. The van der Waals surface area contributed by atoms with Crippen molar-refractivity contribution >= 4 is 38.7 Å². The molecule has 1 heterocycles. The third-order valence-corrected chi connectivity index (χ3v) is 6.95. The minimum atomic E-state index is -3.99. The highest BCUT2D eigenvalue weighted by Crippen LogP contribution is 2.26. The maximum atomic E-state index is 13.3. The fraction of sp³-hybridized carbons (Fsp3) is 0.143. The van der Waals surface area contributed by atoms with Crippen molar-refractivity contribution in [2.45, 2.75) is 11.8 Å². The second kappa shape index (κ2) is 9.55. The molecule has 0 saturated carbocycles. The molecule has 30 heavy (non-hydrogen) atoms. The summed E-state index contributed by atoms with van der Waals surface area (Å²) >= 11 is 1.50. The standard InChI is InChI=1S/C21H21N3O4S2/c1-16(20-12-7-13-29-20)22-23-21(25)15-24(17-8-6-9-18(14-17)28-2)30(26,27)19-10-4-3-5-11-19/h3-14H,15H2,1-2H3,(H,23,25)/b22-16-. The molecule has 0 spiro atoms. The highest BCUT2D eigenvalue weighted by Gasteiger charge is 2.27. The first-order chi connectivity index (χ1) is 14.4. The predicted molar refractivity (Wildman–Crippen MR) is 119 cm³/mol. The van der Waals surface area contributed by atoms with Crippen LogP contribution in [-0.4, -0.2) is 33.7 Å². The van der Waals surface area contributed by atoms with Gasteiger partial charge < -0.3 is 4.74 Å². The lowest BCUT2D eigenvalue weighted by molar-refractivity contribution is -0.119. The minimum Gasteiger partial charge on any atom is -0.497 e. The van der Waals surface area contributed by atoms with Gasteiger partial charge >= 0.3 is 0 Å². The number of hydrogen-bond acceptors (Lipinski definition) is 6. The Morgan fingerprint density at radius 1 is 1.10 bits per heavy atom. The number of benzene rings is 2. The lowest BCUT2D eigenvalue weighted by Crippen LogP contribution is -2.39. The van der Waals surface area contributed by atoms with Gasteiger partial charge in [-0.25, -0.2) is 13.8 Å². The van der Waals surface area contributed by atoms with E-state index in [1.54, 1.807) is 49.4 Å². The lowest BCUT2D eigenvalue weighted by Gasteiger charge is -2.24. The SMILES string of the molecule is COc1cccc(N(CC(=O)N/N=C(/C)c2cccs2)S(=O)(=O)c2ccccc2)c1. The van der Waals surface area contributed by atoms with E-state index < -0.39 is 22.5 Å². The third kappa shape index (κ3) is 5.05. The summed E-state index contributed by atoms with van der Waals surface area (Å²) in [7, 11) is -2.50. The first-order valence-corrected chi connectivity index (χ1v) is 11.3. The quantitative estimate of drug-likeness (QED) is 0.426. The van der Waals surface area contributed by atoms with Crippen LogP contribution < -0.4 is 14.5 Å². The molecular formula is C21H21N3O4S2. The number of thiophene rings is 1. The maximum Gasteiger partial charge on any atom is 0.264 e. The van der Waals surface area contributed by atoms with Crippen LogP contribution in [-0.2, 0) is 14.8 Å². The Balaban J connectivity index is 1.89. The van der Waals surface area contributed by atoms with E-state index in [0.29, 0.717) is 17.1 Å². The molecule has 0 radical (unpaired) electrons. The highest BCUT2D eigenvalue weighted by molar-refractivity contribution is 7.92. The van der Waals surface area contributed by atoms with Gasteiger partial charge in [-0.15, -0.1) is 11.3 Å². The van der Waals surface area contributed by atoms with Gasteiger partial charge in [0.2, 0.25) is 0 Å². The molecule has 156 valence electrons. The average Bonchev–Trinajstić information content (AvgIpc) is 3.31. The molecule has 0 saturated heterocycles. The van der Waals surface area contributed by atoms with Crippen LogP contribution in [0.5, 0.6) is 5.75 Å². The van der Waals surface area contributed by atoms with Crippen molar-refractivity contribution in [2.24, 2.45) is 5.10 Å². The Bertz CT molecular complexity index is 1130. The largest absolute Gasteiger partial charge is 0.497 e. The zero-order valence-electron chi connectivity index (χ0n) is 16.5. The fourth-order valence-corrected chi connectivity index (χ4v) is 4.76. The molecule has 9 heteroatoms. The molecule has 0 aliphatic rings. The van der Waals surface area contributed by atoms with Gasteiger partial charge in [-0.3, -0.25) is 9.10 Å². The Hall–Kier alpha value is -3.17. The van der Waals surface area contributed by atoms with E-state index in [9.17, 15) is 13.2 Å². The lowest BCUT2D eigenvalue weighted by atomic mass is 10.3. The molecule has 0 aliphatic heterocycles. The minimum absolute atomic E-state index is 0.0823. The topological polar surface area (TPSA) is 88.1 Å². The van der Waals surface area contributed by atoms with Gasteiger partial charge in [-0.05, 0) is 42.6 Å². The van der Waals surface area contributed by atoms with Crippen molar-refractivity contribution in [2.75, 3.05) is 18.0 Å². The molecule has 0 bridgehead atoms. The van der Waals surface area contributed by atoms with Crippen molar-refractivity contribution in [3.8, 4) is 5.75 Å². The summed E-state index contributed by atoms with van der Waals surface area (Å²) in [5, 5.41) is 5.99. The van der Waals surface area contributed by atoms with Crippen molar-refractivity contribution in [3.05, 3.63) is 77.0 Å². The van der Waals surface area contributed by atoms with Gasteiger partial charge in [-0.1, -0.05) is 30.3 Å². The summed E-state index contributed by atoms with van der Waals surface area (Å²) in [6, 6.07) is 18.3. The van der Waals surface area contributed by atoms with Crippen LogP contribution in [0.3, 0.4) is 0 Å². The van der Waals surface area contributed by atoms with Crippen molar-refractivity contribution < 1.29 is 17.9 Å². The summed E-state index contributed by atoms with van der Waals surface area (Å²) in [5.74, 6) is -0.0824. The fourth-order valence-electron chi connectivity index (χ4n) is 2.65. The molecule has 3 rings (SSSR count). The van der Waals surface area contributed by atoms with E-state index in [1.165, 1.54) is 30.6 Å². The van der Waals surface area contributed by atoms with Crippen LogP contribution in [0.4, 0.5) is 5.69 Å². The first-order valence-electron chi connectivity index (χ1n) is 9.00. The Labute approximate surface area is 179 Å². The predicted octanol–water partition coefficient (Wildman–Crippen LogP) is 3.49. The smallest absolute Gasteiger partial charge is 0.264 e. The van der Waals surface area contributed by atoms with Crippen LogP contribution in [0, 0.1) is 0 Å². The summed E-state index contributed by atoms with van der Waals surface area (Å²) in [5.41, 5.74) is 3.39. The molecule has 0 unspecified atom stereocenters. The van der Waals surface area contributed by atoms with E-state index >= 15 is 0 Å². The number of nitrogens with zero attached hydrogens (tertiary/aromatic N) is 2. The highest BCUT2D eigenvalue weighted by atomic mass is 32.2. The number of ether oxygens (including phenoxy) is 1. The maximum absolute atomic E-state index is 13.3. The van der Waals surface area contributed by atoms with E-state index in [4.69, 9.17) is 4.74 Å². The van der Waals surface area contributed by atoms with Gasteiger partial charge in [0.1, 0.15) is 12.3 Å².